The van der Waals surface area contributed by atoms with Crippen LogP contribution in [0.3, 0.4) is 0 Å². The minimum absolute atomic E-state index is 0.220. The van der Waals surface area contributed by atoms with Crippen LogP contribution in [0.1, 0.15) is 71.6 Å². The molecular formula is C18H39O2P. The molecule has 0 aliphatic carbocycles. The highest BCUT2D eigenvalue weighted by Gasteiger charge is 2.33. The summed E-state index contributed by atoms with van der Waals surface area (Å²) in [6.07, 6.45) is 13.3. The molecule has 21 heavy (non-hydrogen) atoms. The van der Waals surface area contributed by atoms with E-state index >= 15 is 0 Å². The van der Waals surface area contributed by atoms with Crippen molar-refractivity contribution < 1.29 is 9.47 Å². The zero-order valence-corrected chi connectivity index (χ0v) is 16.3. The second-order valence-electron chi connectivity index (χ2n) is 6.62. The fraction of sp³-hybridized carbons (Fsp3) is 1.00. The normalized spacial score (nSPS) is 13.9. The van der Waals surface area contributed by atoms with Crippen LogP contribution < -0.4 is 0 Å². The second-order valence-corrected chi connectivity index (χ2v) is 9.23. The first-order chi connectivity index (χ1) is 10.00. The number of ether oxygens (including phenoxy) is 2. The first kappa shape index (κ1) is 21.4. The van der Waals surface area contributed by atoms with E-state index in [4.69, 9.17) is 9.47 Å². The van der Waals surface area contributed by atoms with Crippen LogP contribution in [0.5, 0.6) is 0 Å². The average Bonchev–Trinajstić information content (AvgIpc) is 2.47. The van der Waals surface area contributed by atoms with Gasteiger partial charge in [-0.3, -0.25) is 0 Å². The molecule has 0 fully saturated rings. The first-order valence-corrected chi connectivity index (χ1v) is 11.2. The maximum atomic E-state index is 5.69. The summed E-state index contributed by atoms with van der Waals surface area (Å²) < 4.78 is 11.4. The van der Waals surface area contributed by atoms with E-state index in [-0.39, 0.29) is 7.92 Å². The summed E-state index contributed by atoms with van der Waals surface area (Å²) in [7, 11) is 3.78. The van der Waals surface area contributed by atoms with E-state index in [1.165, 1.54) is 63.9 Å². The molecule has 0 heterocycles. The van der Waals surface area contributed by atoms with Crippen molar-refractivity contribution >= 4 is 7.92 Å². The third-order valence-corrected chi connectivity index (χ3v) is 5.83. The number of unbranched alkanes of at least 4 members (excludes halogenated alkanes) is 5. The van der Waals surface area contributed by atoms with Crippen LogP contribution in [0, 0.1) is 5.92 Å². The molecule has 0 bridgehead atoms. The van der Waals surface area contributed by atoms with E-state index in [1.807, 2.05) is 0 Å². The van der Waals surface area contributed by atoms with Crippen molar-refractivity contribution in [1.82, 2.24) is 0 Å². The zero-order chi connectivity index (χ0) is 16.1. The lowest BCUT2D eigenvalue weighted by molar-refractivity contribution is -0.230. The van der Waals surface area contributed by atoms with Gasteiger partial charge in [0.1, 0.15) is 0 Å². The van der Waals surface area contributed by atoms with E-state index in [0.717, 1.165) is 0 Å². The Bertz CT molecular complexity index is 227. The van der Waals surface area contributed by atoms with Gasteiger partial charge >= 0.3 is 0 Å². The third kappa shape index (κ3) is 9.87. The minimum Gasteiger partial charge on any atom is -0.353 e. The lowest BCUT2D eigenvalue weighted by atomic mass is 9.89. The molecule has 0 aromatic heterocycles. The molecule has 0 N–H and O–H groups in total. The van der Waals surface area contributed by atoms with Crippen molar-refractivity contribution in [1.29, 1.82) is 0 Å². The Morgan fingerprint density at radius 2 is 1.38 bits per heavy atom. The van der Waals surface area contributed by atoms with Gasteiger partial charge in [0.25, 0.3) is 0 Å². The summed E-state index contributed by atoms with van der Waals surface area (Å²) in [6.45, 7) is 9.11. The van der Waals surface area contributed by atoms with E-state index in [0.29, 0.717) is 5.92 Å². The van der Waals surface area contributed by atoms with E-state index in [1.54, 1.807) is 14.2 Å². The van der Waals surface area contributed by atoms with Gasteiger partial charge in [-0.05, 0) is 45.7 Å². The van der Waals surface area contributed by atoms with Crippen LogP contribution >= 0.6 is 7.92 Å². The van der Waals surface area contributed by atoms with Crippen LogP contribution in [-0.2, 0) is 9.47 Å². The van der Waals surface area contributed by atoms with Gasteiger partial charge in [-0.25, -0.2) is 0 Å². The molecule has 3 heteroatoms. The van der Waals surface area contributed by atoms with Gasteiger partial charge < -0.3 is 9.47 Å². The summed E-state index contributed by atoms with van der Waals surface area (Å²) >= 11 is 0. The van der Waals surface area contributed by atoms with Crippen molar-refractivity contribution in [3.8, 4) is 0 Å². The topological polar surface area (TPSA) is 18.5 Å². The molecule has 0 aromatic rings. The lowest BCUT2D eigenvalue weighted by Gasteiger charge is -2.35. The van der Waals surface area contributed by atoms with Crippen LogP contribution in [0.4, 0.5) is 0 Å². The molecule has 0 radical (unpaired) electrons. The van der Waals surface area contributed by atoms with Crippen molar-refractivity contribution in [2.24, 2.45) is 5.92 Å². The summed E-state index contributed by atoms with van der Waals surface area (Å²) in [5, 5.41) is 0. The van der Waals surface area contributed by atoms with E-state index in [2.05, 4.69) is 27.2 Å². The fourth-order valence-electron chi connectivity index (χ4n) is 2.91. The molecule has 0 amide bonds. The summed E-state index contributed by atoms with van der Waals surface area (Å²) in [4.78, 5) is 0. The van der Waals surface area contributed by atoms with Crippen molar-refractivity contribution in [2.75, 3.05) is 33.7 Å². The van der Waals surface area contributed by atoms with Gasteiger partial charge in [0.15, 0.2) is 5.79 Å². The van der Waals surface area contributed by atoms with Gasteiger partial charge in [0.05, 0.1) is 0 Å². The molecule has 0 aromatic carbocycles. The predicted molar refractivity (Wildman–Crippen MR) is 96.8 cm³/mol. The molecule has 0 saturated heterocycles. The van der Waals surface area contributed by atoms with E-state index in [9.17, 15) is 0 Å². The Kier molecular flexibility index (Phi) is 13.1. The number of rotatable bonds is 14. The Hall–Kier alpha value is 0.350. The maximum absolute atomic E-state index is 5.69. The monoisotopic (exact) mass is 318 g/mol. The minimum atomic E-state index is -0.409. The summed E-state index contributed by atoms with van der Waals surface area (Å²) in [6, 6.07) is 0. The first-order valence-electron chi connectivity index (χ1n) is 8.75. The molecule has 1 unspecified atom stereocenters. The Labute approximate surface area is 135 Å². The van der Waals surface area contributed by atoms with Crippen LogP contribution in [0.2, 0.25) is 0 Å². The molecule has 0 aliphatic rings. The molecule has 1 atom stereocenters. The highest BCUT2D eigenvalue weighted by atomic mass is 31.1. The van der Waals surface area contributed by atoms with Crippen LogP contribution in [-0.4, -0.2) is 39.5 Å². The van der Waals surface area contributed by atoms with Gasteiger partial charge in [-0.15, -0.1) is 7.92 Å². The standard InChI is InChI=1S/C18H39O2P/c1-7-8-9-10-11-12-14-17(15-13-16-21(5)6)18(2,19-3)20-4/h17H,7-16H2,1-6H3. The van der Waals surface area contributed by atoms with Gasteiger partial charge in [-0.2, -0.15) is 0 Å². The zero-order valence-electron chi connectivity index (χ0n) is 15.4. The largest absolute Gasteiger partial charge is 0.353 e. The van der Waals surface area contributed by atoms with E-state index < -0.39 is 5.79 Å². The number of methoxy groups -OCH3 is 2. The molecule has 0 rings (SSSR count). The van der Waals surface area contributed by atoms with Gasteiger partial charge in [0, 0.05) is 20.1 Å². The van der Waals surface area contributed by atoms with Gasteiger partial charge in [-0.1, -0.05) is 45.4 Å². The Morgan fingerprint density at radius 3 is 1.90 bits per heavy atom. The SMILES string of the molecule is CCCCCCCCC(CCCP(C)C)C(C)(OC)OC. The van der Waals surface area contributed by atoms with Crippen molar-refractivity contribution in [2.45, 2.75) is 77.4 Å². The molecule has 0 spiro atoms. The van der Waals surface area contributed by atoms with Crippen molar-refractivity contribution in [3.63, 3.8) is 0 Å². The van der Waals surface area contributed by atoms with Crippen LogP contribution in [0.25, 0.3) is 0 Å². The molecule has 128 valence electrons. The van der Waals surface area contributed by atoms with Crippen molar-refractivity contribution in [3.05, 3.63) is 0 Å². The quantitative estimate of drug-likeness (QED) is 0.226. The highest BCUT2D eigenvalue weighted by molar-refractivity contribution is 7.55. The smallest absolute Gasteiger partial charge is 0.167 e. The lowest BCUT2D eigenvalue weighted by Crippen LogP contribution is -2.39. The average molecular weight is 318 g/mol. The Morgan fingerprint density at radius 1 is 0.857 bits per heavy atom. The molecule has 0 saturated carbocycles. The second kappa shape index (κ2) is 12.9. The summed E-state index contributed by atoms with van der Waals surface area (Å²) in [5.74, 6) is 0.113. The fourth-order valence-corrected chi connectivity index (χ4v) is 3.73. The van der Waals surface area contributed by atoms with Crippen LogP contribution in [0.15, 0.2) is 0 Å². The highest BCUT2D eigenvalue weighted by Crippen LogP contribution is 2.34. The maximum Gasteiger partial charge on any atom is 0.167 e. The molecule has 0 aliphatic heterocycles. The number of hydrogen-bond donors (Lipinski definition) is 0. The molecular weight excluding hydrogens is 279 g/mol. The summed E-state index contributed by atoms with van der Waals surface area (Å²) in [5.41, 5.74) is 0. The van der Waals surface area contributed by atoms with Gasteiger partial charge in [0.2, 0.25) is 0 Å². The predicted octanol–water partition coefficient (Wildman–Crippen LogP) is 5.88. The Balaban J connectivity index is 4.18. The number of hydrogen-bond acceptors (Lipinski definition) is 2. The molecule has 2 nitrogen and oxygen atoms in total. The third-order valence-electron chi connectivity index (χ3n) is 4.62.